The number of aryl methyl sites for hydroxylation is 1. The van der Waals surface area contributed by atoms with Crippen molar-refractivity contribution in [2.75, 3.05) is 0 Å². The van der Waals surface area contributed by atoms with Crippen LogP contribution in [0.3, 0.4) is 0 Å². The van der Waals surface area contributed by atoms with E-state index in [-0.39, 0.29) is 18.1 Å². The van der Waals surface area contributed by atoms with Crippen LogP contribution in [0.2, 0.25) is 5.02 Å². The van der Waals surface area contributed by atoms with Gasteiger partial charge < -0.3 is 9.88 Å². The highest BCUT2D eigenvalue weighted by Gasteiger charge is 2.33. The molecule has 3 amide bonds. The molecule has 1 fully saturated rings. The minimum Gasteiger partial charge on any atom is -0.316 e. The summed E-state index contributed by atoms with van der Waals surface area (Å²) < 4.78 is 2.06. The molecule has 0 radical (unpaired) electrons. The Morgan fingerprint density at radius 3 is 2.59 bits per heavy atom. The fourth-order valence-electron chi connectivity index (χ4n) is 3.46. The molecule has 1 aliphatic rings. The third-order valence-electron chi connectivity index (χ3n) is 4.89. The van der Waals surface area contributed by atoms with Crippen LogP contribution in [0.5, 0.6) is 0 Å². The van der Waals surface area contributed by atoms with Gasteiger partial charge in [0.1, 0.15) is 5.70 Å². The quantitative estimate of drug-likeness (QED) is 0.520. The van der Waals surface area contributed by atoms with Gasteiger partial charge >= 0.3 is 6.03 Å². The second-order valence-corrected chi connectivity index (χ2v) is 7.32. The Kier molecular flexibility index (Phi) is 4.94. The predicted molar refractivity (Wildman–Crippen MR) is 112 cm³/mol. The average molecular weight is 407 g/mol. The average Bonchev–Trinajstić information content (AvgIpc) is 3.14. The number of halogens is 1. The van der Waals surface area contributed by atoms with Crippen LogP contribution in [-0.4, -0.2) is 26.4 Å². The Balaban J connectivity index is 1.62. The number of urea groups is 1. The summed E-state index contributed by atoms with van der Waals surface area (Å²) in [6, 6.07) is 12.5. The highest BCUT2D eigenvalue weighted by atomic mass is 35.5. The molecule has 1 N–H and O–H groups in total. The first-order chi connectivity index (χ1) is 13.9. The van der Waals surface area contributed by atoms with E-state index in [1.165, 1.54) is 4.90 Å². The van der Waals surface area contributed by atoms with Crippen molar-refractivity contribution >= 4 is 29.6 Å². The Labute approximate surface area is 173 Å². The second kappa shape index (κ2) is 7.56. The van der Waals surface area contributed by atoms with Crippen molar-refractivity contribution in [3.63, 3.8) is 0 Å². The van der Waals surface area contributed by atoms with Crippen molar-refractivity contribution in [1.29, 1.82) is 0 Å². The molecule has 0 saturated carbocycles. The summed E-state index contributed by atoms with van der Waals surface area (Å²) >= 11 is 5.90. The minimum atomic E-state index is -0.433. The number of hydrogen-bond donors (Lipinski definition) is 1. The third-order valence-corrected chi connectivity index (χ3v) is 5.14. The highest BCUT2D eigenvalue weighted by Crippen LogP contribution is 2.24. The summed E-state index contributed by atoms with van der Waals surface area (Å²) in [5.41, 5.74) is 4.87. The van der Waals surface area contributed by atoms with E-state index >= 15 is 0 Å². The maximum absolute atomic E-state index is 12.8. The number of hydrogen-bond acceptors (Lipinski definition) is 3. The van der Waals surface area contributed by atoms with Crippen molar-refractivity contribution in [1.82, 2.24) is 19.8 Å². The van der Waals surface area contributed by atoms with Gasteiger partial charge in [0.25, 0.3) is 5.91 Å². The number of nitrogens with zero attached hydrogens (tertiary/aromatic N) is 3. The highest BCUT2D eigenvalue weighted by molar-refractivity contribution is 6.30. The van der Waals surface area contributed by atoms with Crippen molar-refractivity contribution in [3.8, 4) is 5.69 Å². The predicted octanol–water partition coefficient (Wildman–Crippen LogP) is 4.24. The van der Waals surface area contributed by atoms with Gasteiger partial charge in [0, 0.05) is 22.6 Å². The molecule has 1 saturated heterocycles. The van der Waals surface area contributed by atoms with Crippen LogP contribution in [0.25, 0.3) is 11.8 Å². The van der Waals surface area contributed by atoms with Gasteiger partial charge in [0.05, 0.1) is 18.4 Å². The maximum Gasteiger partial charge on any atom is 0.329 e. The summed E-state index contributed by atoms with van der Waals surface area (Å²) in [6.07, 6.45) is 5.23. The molecule has 29 heavy (non-hydrogen) atoms. The first-order valence-electron chi connectivity index (χ1n) is 9.12. The van der Waals surface area contributed by atoms with E-state index in [0.29, 0.717) is 5.02 Å². The van der Waals surface area contributed by atoms with Gasteiger partial charge in [-0.05, 0) is 61.4 Å². The topological polar surface area (TPSA) is 67.2 Å². The summed E-state index contributed by atoms with van der Waals surface area (Å²) in [6.45, 7) is 4.15. The van der Waals surface area contributed by atoms with Gasteiger partial charge in [-0.1, -0.05) is 23.7 Å². The number of amides is 3. The number of rotatable bonds is 4. The number of carbonyl (C=O) groups is 2. The van der Waals surface area contributed by atoms with E-state index in [4.69, 9.17) is 11.6 Å². The zero-order valence-electron chi connectivity index (χ0n) is 16.0. The molecule has 2 aromatic heterocycles. The van der Waals surface area contributed by atoms with Gasteiger partial charge in [-0.3, -0.25) is 14.7 Å². The smallest absolute Gasteiger partial charge is 0.316 e. The van der Waals surface area contributed by atoms with E-state index in [2.05, 4.69) is 14.9 Å². The molecule has 4 rings (SSSR count). The number of carbonyl (C=O) groups excluding carboxylic acids is 2. The van der Waals surface area contributed by atoms with Gasteiger partial charge in [0.2, 0.25) is 0 Å². The molecule has 7 heteroatoms. The number of benzene rings is 1. The van der Waals surface area contributed by atoms with E-state index in [0.717, 1.165) is 28.2 Å². The number of nitrogens with one attached hydrogen (secondary N) is 1. The lowest BCUT2D eigenvalue weighted by molar-refractivity contribution is -0.123. The number of aromatic nitrogens is 2. The lowest BCUT2D eigenvalue weighted by Crippen LogP contribution is -2.30. The molecule has 1 aliphatic heterocycles. The Morgan fingerprint density at radius 2 is 1.90 bits per heavy atom. The zero-order chi connectivity index (χ0) is 20.5. The van der Waals surface area contributed by atoms with Gasteiger partial charge in [0.15, 0.2) is 0 Å². The van der Waals surface area contributed by atoms with Crippen LogP contribution in [0, 0.1) is 13.8 Å². The Hall–Kier alpha value is -3.38. The van der Waals surface area contributed by atoms with Gasteiger partial charge in [-0.25, -0.2) is 4.79 Å². The first-order valence-corrected chi connectivity index (χ1v) is 9.50. The summed E-state index contributed by atoms with van der Waals surface area (Å²) in [5.74, 6) is -0.351. The molecule has 3 aromatic rings. The fourth-order valence-corrected chi connectivity index (χ4v) is 3.59. The fraction of sp³-hybridized carbons (Fsp3) is 0.136. The molecule has 0 spiro atoms. The van der Waals surface area contributed by atoms with Crippen molar-refractivity contribution in [2.24, 2.45) is 0 Å². The number of imide groups is 1. The van der Waals surface area contributed by atoms with Crippen LogP contribution >= 0.6 is 11.6 Å². The van der Waals surface area contributed by atoms with Gasteiger partial charge in [-0.2, -0.15) is 0 Å². The molecular weight excluding hydrogens is 388 g/mol. The molecule has 3 heterocycles. The van der Waals surface area contributed by atoms with Crippen molar-refractivity contribution in [2.45, 2.75) is 20.4 Å². The van der Waals surface area contributed by atoms with E-state index < -0.39 is 6.03 Å². The lowest BCUT2D eigenvalue weighted by Gasteiger charge is -2.11. The molecule has 6 nitrogen and oxygen atoms in total. The summed E-state index contributed by atoms with van der Waals surface area (Å²) in [5, 5.41) is 3.29. The molecule has 0 atom stereocenters. The largest absolute Gasteiger partial charge is 0.329 e. The van der Waals surface area contributed by atoms with E-state index in [1.807, 2.05) is 32.0 Å². The Morgan fingerprint density at radius 1 is 1.14 bits per heavy atom. The second-order valence-electron chi connectivity index (χ2n) is 6.88. The zero-order valence-corrected chi connectivity index (χ0v) is 16.8. The molecular formula is C22H19ClN4O2. The summed E-state index contributed by atoms with van der Waals surface area (Å²) in [4.78, 5) is 30.5. The van der Waals surface area contributed by atoms with E-state index in [9.17, 15) is 9.59 Å². The SMILES string of the molecule is Cc1cc(C=C2NC(=O)N(Cc3ccc(Cl)cc3)C2=O)c(C)n1-c1cccnc1. The van der Waals surface area contributed by atoms with E-state index in [1.54, 1.807) is 42.7 Å². The monoisotopic (exact) mass is 406 g/mol. The van der Waals surface area contributed by atoms with Crippen LogP contribution in [0.15, 0.2) is 60.6 Å². The molecule has 1 aromatic carbocycles. The molecule has 0 aliphatic carbocycles. The Bertz CT molecular complexity index is 1120. The van der Waals surface area contributed by atoms with Crippen LogP contribution in [0.4, 0.5) is 4.79 Å². The van der Waals surface area contributed by atoms with Crippen LogP contribution in [0.1, 0.15) is 22.5 Å². The molecule has 146 valence electrons. The number of pyridine rings is 1. The molecule has 0 unspecified atom stereocenters. The third kappa shape index (κ3) is 3.67. The first kappa shape index (κ1) is 19.0. The standard InChI is InChI=1S/C22H19ClN4O2/c1-14-10-17(15(2)27(14)19-4-3-9-24-12-19)11-20-21(28)26(22(29)25-20)13-16-5-7-18(23)8-6-16/h3-12H,13H2,1-2H3,(H,25,29). The molecule has 0 bridgehead atoms. The minimum absolute atomic E-state index is 0.188. The summed E-state index contributed by atoms with van der Waals surface area (Å²) in [7, 11) is 0. The lowest BCUT2D eigenvalue weighted by atomic mass is 10.2. The van der Waals surface area contributed by atoms with Crippen molar-refractivity contribution in [3.05, 3.63) is 88.1 Å². The van der Waals surface area contributed by atoms with Crippen LogP contribution in [-0.2, 0) is 11.3 Å². The normalized spacial score (nSPS) is 15.3. The van der Waals surface area contributed by atoms with Crippen LogP contribution < -0.4 is 5.32 Å². The van der Waals surface area contributed by atoms with Gasteiger partial charge in [-0.15, -0.1) is 0 Å². The van der Waals surface area contributed by atoms with Crippen molar-refractivity contribution < 1.29 is 9.59 Å². The maximum atomic E-state index is 12.8.